The van der Waals surface area contributed by atoms with Gasteiger partial charge in [-0.1, -0.05) is 0 Å². The Morgan fingerprint density at radius 3 is 2.88 bits per heavy atom. The van der Waals surface area contributed by atoms with Crippen molar-refractivity contribution in [2.45, 2.75) is 57.8 Å². The number of carbonyl (C=O) groups excluding carboxylic acids is 2. The van der Waals surface area contributed by atoms with Crippen LogP contribution in [0.25, 0.3) is 0 Å². The van der Waals surface area contributed by atoms with Crippen molar-refractivity contribution in [2.75, 3.05) is 5.32 Å². The molecule has 3 aliphatic rings. The SMILES string of the molecule is Cc1cnc(NC(=O)CC[C@@H]2CC(=O)[C@H]3CCC4c5cc(Br)c(O)c(F)c5CCC4C23)s1. The van der Waals surface area contributed by atoms with Gasteiger partial charge in [-0.15, -0.1) is 11.3 Å². The van der Waals surface area contributed by atoms with E-state index in [1.807, 2.05) is 13.0 Å². The lowest BCUT2D eigenvalue weighted by atomic mass is 9.59. The maximum absolute atomic E-state index is 14.7. The predicted molar refractivity (Wildman–Crippen MR) is 124 cm³/mol. The first kappa shape index (κ1) is 22.0. The van der Waals surface area contributed by atoms with Gasteiger partial charge in [0.1, 0.15) is 5.78 Å². The summed E-state index contributed by atoms with van der Waals surface area (Å²) in [5, 5.41) is 13.5. The number of aromatic nitrogens is 1. The first-order valence-electron chi connectivity index (χ1n) is 11.3. The number of aryl methyl sites for hydroxylation is 1. The molecule has 1 aromatic carbocycles. The third kappa shape index (κ3) is 3.79. The lowest BCUT2D eigenvalue weighted by Gasteiger charge is -2.45. The van der Waals surface area contributed by atoms with Gasteiger partial charge in [-0.3, -0.25) is 9.59 Å². The Morgan fingerprint density at radius 1 is 1.34 bits per heavy atom. The molecule has 0 radical (unpaired) electrons. The van der Waals surface area contributed by atoms with E-state index in [0.29, 0.717) is 52.6 Å². The number of phenols is 1. The zero-order valence-electron chi connectivity index (χ0n) is 17.9. The van der Waals surface area contributed by atoms with Crippen LogP contribution in [-0.2, 0) is 16.0 Å². The molecule has 0 spiro atoms. The van der Waals surface area contributed by atoms with Crippen LogP contribution in [0.4, 0.5) is 9.52 Å². The summed E-state index contributed by atoms with van der Waals surface area (Å²) in [7, 11) is 0. The number of rotatable bonds is 4. The number of phenolic OH excluding ortho intramolecular Hbond substituents is 1. The second-order valence-corrected chi connectivity index (χ2v) is 11.5. The van der Waals surface area contributed by atoms with Crippen LogP contribution in [-0.4, -0.2) is 21.8 Å². The minimum absolute atomic E-state index is 0.0573. The molecule has 170 valence electrons. The van der Waals surface area contributed by atoms with Crippen LogP contribution < -0.4 is 5.32 Å². The molecular formula is C24H26BrFN2O3S. The van der Waals surface area contributed by atoms with Gasteiger partial charge in [0.15, 0.2) is 16.7 Å². The first-order chi connectivity index (χ1) is 15.3. The third-order valence-corrected chi connectivity index (χ3v) is 9.19. The van der Waals surface area contributed by atoms with Crippen molar-refractivity contribution in [1.29, 1.82) is 0 Å². The molecule has 2 fully saturated rings. The van der Waals surface area contributed by atoms with Gasteiger partial charge < -0.3 is 10.4 Å². The molecule has 32 heavy (non-hydrogen) atoms. The molecule has 2 aromatic rings. The van der Waals surface area contributed by atoms with Gasteiger partial charge in [0, 0.05) is 29.8 Å². The van der Waals surface area contributed by atoms with E-state index in [9.17, 15) is 19.1 Å². The summed E-state index contributed by atoms with van der Waals surface area (Å²) >= 11 is 4.75. The number of amides is 1. The highest BCUT2D eigenvalue weighted by Crippen LogP contribution is 2.57. The van der Waals surface area contributed by atoms with Crippen LogP contribution in [0, 0.1) is 36.4 Å². The van der Waals surface area contributed by atoms with Crippen molar-refractivity contribution in [2.24, 2.45) is 23.7 Å². The summed E-state index contributed by atoms with van der Waals surface area (Å²) in [6.45, 7) is 1.95. The number of halogens is 2. The normalized spacial score (nSPS) is 28.7. The monoisotopic (exact) mass is 520 g/mol. The van der Waals surface area contributed by atoms with Crippen LogP contribution >= 0.6 is 27.3 Å². The number of Topliss-reactive ketones (excluding diaryl/α,β-unsaturated/α-hetero) is 1. The number of nitrogens with one attached hydrogen (secondary N) is 1. The van der Waals surface area contributed by atoms with Crippen molar-refractivity contribution in [3.05, 3.63) is 38.6 Å². The van der Waals surface area contributed by atoms with Crippen molar-refractivity contribution in [3.8, 4) is 5.75 Å². The third-order valence-electron chi connectivity index (χ3n) is 7.75. The number of thiazole rings is 1. The number of benzene rings is 1. The molecule has 2 N–H and O–H groups in total. The van der Waals surface area contributed by atoms with E-state index in [1.165, 1.54) is 11.3 Å². The number of ketones is 1. The number of nitrogens with zero attached hydrogens (tertiary/aromatic N) is 1. The maximum atomic E-state index is 14.7. The topological polar surface area (TPSA) is 79.3 Å². The quantitative estimate of drug-likeness (QED) is 0.538. The number of hydrogen-bond acceptors (Lipinski definition) is 5. The number of hydrogen-bond donors (Lipinski definition) is 2. The molecule has 5 atom stereocenters. The van der Waals surface area contributed by atoms with Crippen molar-refractivity contribution in [1.82, 2.24) is 4.98 Å². The Kier molecular flexibility index (Phi) is 5.86. The molecule has 5 nitrogen and oxygen atoms in total. The lowest BCUT2D eigenvalue weighted by molar-refractivity contribution is -0.122. The first-order valence-corrected chi connectivity index (χ1v) is 12.9. The van der Waals surface area contributed by atoms with Gasteiger partial charge in [0.05, 0.1) is 4.47 Å². The minimum atomic E-state index is -0.511. The molecule has 0 saturated heterocycles. The standard InChI is InChI=1S/C24H26BrFN2O3S/c1-11-10-27-24(32-11)28-20(30)7-2-12-8-19(29)16-6-3-13-14(21(12)16)4-5-15-17(13)9-18(25)23(31)22(15)26/h9-10,12-14,16,21,31H,2-8H2,1H3,(H,27,28,30)/t12-,13?,14?,16-,21?/m1/s1. The molecule has 1 heterocycles. The van der Waals surface area contributed by atoms with E-state index in [-0.39, 0.29) is 35.3 Å². The Bertz CT molecular complexity index is 1090. The Morgan fingerprint density at radius 2 is 2.12 bits per heavy atom. The molecular weight excluding hydrogens is 495 g/mol. The van der Waals surface area contributed by atoms with Gasteiger partial charge >= 0.3 is 0 Å². The van der Waals surface area contributed by atoms with Crippen molar-refractivity contribution >= 4 is 44.1 Å². The van der Waals surface area contributed by atoms with Gasteiger partial charge in [-0.25, -0.2) is 9.37 Å². The fourth-order valence-corrected chi connectivity index (χ4v) is 7.58. The van der Waals surface area contributed by atoms with E-state index >= 15 is 0 Å². The molecule has 3 aliphatic carbocycles. The van der Waals surface area contributed by atoms with Crippen LogP contribution in [0.3, 0.4) is 0 Å². The molecule has 5 rings (SSSR count). The number of fused-ring (bicyclic) bond motifs is 5. The molecule has 0 aliphatic heterocycles. The second kappa shape index (κ2) is 8.52. The van der Waals surface area contributed by atoms with Gasteiger partial charge in [0.2, 0.25) is 5.91 Å². The zero-order chi connectivity index (χ0) is 22.6. The molecule has 3 unspecified atom stereocenters. The van der Waals surface area contributed by atoms with E-state index in [0.717, 1.165) is 29.7 Å². The second-order valence-electron chi connectivity index (χ2n) is 9.45. The number of carbonyl (C=O) groups is 2. The highest BCUT2D eigenvalue weighted by atomic mass is 79.9. The van der Waals surface area contributed by atoms with Gasteiger partial charge in [-0.05, 0) is 95.8 Å². The van der Waals surface area contributed by atoms with Gasteiger partial charge in [-0.2, -0.15) is 0 Å². The fraction of sp³-hybridized carbons (Fsp3) is 0.542. The minimum Gasteiger partial charge on any atom is -0.504 e. The highest BCUT2D eigenvalue weighted by molar-refractivity contribution is 9.10. The predicted octanol–water partition coefficient (Wildman–Crippen LogP) is 5.74. The summed E-state index contributed by atoms with van der Waals surface area (Å²) in [6, 6.07) is 1.88. The molecule has 8 heteroatoms. The Hall–Kier alpha value is -1.80. The Balaban J connectivity index is 1.33. The van der Waals surface area contributed by atoms with E-state index < -0.39 is 5.82 Å². The van der Waals surface area contributed by atoms with Crippen LogP contribution in [0.2, 0.25) is 0 Å². The largest absolute Gasteiger partial charge is 0.504 e. The van der Waals surface area contributed by atoms with E-state index in [4.69, 9.17) is 0 Å². The highest BCUT2D eigenvalue weighted by Gasteiger charge is 2.52. The van der Waals surface area contributed by atoms with Crippen LogP contribution in [0.5, 0.6) is 5.75 Å². The van der Waals surface area contributed by atoms with Crippen molar-refractivity contribution in [3.63, 3.8) is 0 Å². The summed E-state index contributed by atoms with van der Waals surface area (Å²) in [4.78, 5) is 30.5. The molecule has 1 aromatic heterocycles. The summed E-state index contributed by atoms with van der Waals surface area (Å²) in [5.74, 6) is 0.477. The number of anilines is 1. The average molecular weight is 521 g/mol. The maximum Gasteiger partial charge on any atom is 0.226 e. The Labute approximate surface area is 199 Å². The van der Waals surface area contributed by atoms with Crippen molar-refractivity contribution < 1.29 is 19.1 Å². The smallest absolute Gasteiger partial charge is 0.226 e. The van der Waals surface area contributed by atoms with Crippen LogP contribution in [0.15, 0.2) is 16.7 Å². The molecule has 0 bridgehead atoms. The summed E-state index contributed by atoms with van der Waals surface area (Å²) in [5.41, 5.74) is 1.61. The molecule has 1 amide bonds. The summed E-state index contributed by atoms with van der Waals surface area (Å²) in [6.07, 6.45) is 6.45. The zero-order valence-corrected chi connectivity index (χ0v) is 20.3. The van der Waals surface area contributed by atoms with Crippen LogP contribution in [0.1, 0.15) is 60.4 Å². The fourth-order valence-electron chi connectivity index (χ4n) is 6.48. The average Bonchev–Trinajstić information content (AvgIpc) is 3.32. The number of aromatic hydroxyl groups is 1. The summed E-state index contributed by atoms with van der Waals surface area (Å²) < 4.78 is 15.1. The van der Waals surface area contributed by atoms with E-state index in [1.54, 1.807) is 6.20 Å². The molecule has 2 saturated carbocycles. The van der Waals surface area contributed by atoms with E-state index in [2.05, 4.69) is 26.2 Å². The lowest BCUT2D eigenvalue weighted by Crippen LogP contribution is -2.38. The van der Waals surface area contributed by atoms with Gasteiger partial charge in [0.25, 0.3) is 0 Å².